The van der Waals surface area contributed by atoms with Gasteiger partial charge in [-0.2, -0.15) is 0 Å². The van der Waals surface area contributed by atoms with Crippen molar-refractivity contribution >= 4 is 24.1 Å². The first-order chi connectivity index (χ1) is 14.1. The standard InChI is InChI=1S/C25H28O4/c1-3-28-24(26)18-16-22-12-8-20(9-13-22)6-5-7-21-10-14-23(15-11-21)17-19-25(27)29-4-2/h8-19H,3-7H2,1-2H3/b18-16+,19-17+. The van der Waals surface area contributed by atoms with E-state index in [-0.39, 0.29) is 11.9 Å². The van der Waals surface area contributed by atoms with Crippen LogP contribution in [0, 0.1) is 0 Å². The van der Waals surface area contributed by atoms with Crippen LogP contribution in [-0.4, -0.2) is 25.2 Å². The molecule has 0 saturated heterocycles. The van der Waals surface area contributed by atoms with Crippen molar-refractivity contribution in [3.8, 4) is 0 Å². The highest BCUT2D eigenvalue weighted by Crippen LogP contribution is 2.12. The third kappa shape index (κ3) is 8.60. The van der Waals surface area contributed by atoms with Gasteiger partial charge in [0.05, 0.1) is 13.2 Å². The molecule has 0 saturated carbocycles. The van der Waals surface area contributed by atoms with E-state index in [1.165, 1.54) is 23.3 Å². The third-order valence-corrected chi connectivity index (χ3v) is 4.29. The highest BCUT2D eigenvalue weighted by atomic mass is 16.5. The van der Waals surface area contributed by atoms with Crippen molar-refractivity contribution in [2.24, 2.45) is 0 Å². The summed E-state index contributed by atoms with van der Waals surface area (Å²) in [6.07, 6.45) is 9.46. The van der Waals surface area contributed by atoms with E-state index in [1.54, 1.807) is 26.0 Å². The van der Waals surface area contributed by atoms with Crippen LogP contribution in [0.2, 0.25) is 0 Å². The maximum atomic E-state index is 11.3. The van der Waals surface area contributed by atoms with E-state index in [4.69, 9.17) is 9.47 Å². The predicted molar refractivity (Wildman–Crippen MR) is 116 cm³/mol. The number of carbonyl (C=O) groups is 2. The van der Waals surface area contributed by atoms with E-state index in [9.17, 15) is 9.59 Å². The Hall–Kier alpha value is -3.14. The molecule has 0 N–H and O–H groups in total. The SMILES string of the molecule is CCOC(=O)/C=C/c1ccc(CCCc2ccc(/C=C/C(=O)OCC)cc2)cc1. The summed E-state index contributed by atoms with van der Waals surface area (Å²) in [6.45, 7) is 4.35. The maximum absolute atomic E-state index is 11.3. The van der Waals surface area contributed by atoms with Gasteiger partial charge in [-0.3, -0.25) is 0 Å². The Balaban J connectivity index is 1.78. The zero-order valence-corrected chi connectivity index (χ0v) is 17.1. The first kappa shape index (κ1) is 22.2. The van der Waals surface area contributed by atoms with E-state index in [0.29, 0.717) is 13.2 Å². The fourth-order valence-electron chi connectivity index (χ4n) is 2.80. The smallest absolute Gasteiger partial charge is 0.330 e. The lowest BCUT2D eigenvalue weighted by Gasteiger charge is -2.04. The van der Waals surface area contributed by atoms with Gasteiger partial charge < -0.3 is 9.47 Å². The minimum absolute atomic E-state index is 0.320. The average molecular weight is 392 g/mol. The number of aryl methyl sites for hydroxylation is 2. The monoisotopic (exact) mass is 392 g/mol. The first-order valence-corrected chi connectivity index (χ1v) is 9.98. The van der Waals surface area contributed by atoms with Crippen LogP contribution in [0.15, 0.2) is 60.7 Å². The Labute approximate surface area is 172 Å². The molecule has 0 aliphatic rings. The molecular formula is C25H28O4. The van der Waals surface area contributed by atoms with E-state index in [2.05, 4.69) is 24.3 Å². The Morgan fingerprint density at radius 2 is 1.07 bits per heavy atom. The zero-order valence-electron chi connectivity index (χ0n) is 17.1. The lowest BCUT2D eigenvalue weighted by molar-refractivity contribution is -0.138. The second kappa shape index (κ2) is 12.3. The molecule has 29 heavy (non-hydrogen) atoms. The summed E-state index contributed by atoms with van der Waals surface area (Å²) in [5, 5.41) is 0. The van der Waals surface area contributed by atoms with Crippen molar-refractivity contribution in [2.45, 2.75) is 33.1 Å². The van der Waals surface area contributed by atoms with Crippen molar-refractivity contribution < 1.29 is 19.1 Å². The van der Waals surface area contributed by atoms with Gasteiger partial charge in [0.15, 0.2) is 0 Å². The highest BCUT2D eigenvalue weighted by Gasteiger charge is 1.99. The van der Waals surface area contributed by atoms with Gasteiger partial charge in [-0.1, -0.05) is 48.5 Å². The van der Waals surface area contributed by atoms with Gasteiger partial charge in [-0.25, -0.2) is 9.59 Å². The molecule has 0 radical (unpaired) electrons. The molecule has 0 atom stereocenters. The third-order valence-electron chi connectivity index (χ3n) is 4.29. The van der Waals surface area contributed by atoms with Crippen LogP contribution in [0.5, 0.6) is 0 Å². The molecule has 0 unspecified atom stereocenters. The molecule has 2 aromatic rings. The average Bonchev–Trinajstić information content (AvgIpc) is 2.73. The van der Waals surface area contributed by atoms with Crippen LogP contribution in [-0.2, 0) is 31.9 Å². The minimum atomic E-state index is -0.320. The number of hydrogen-bond donors (Lipinski definition) is 0. The second-order valence-corrected chi connectivity index (χ2v) is 6.51. The molecule has 0 amide bonds. The van der Waals surface area contributed by atoms with Crippen molar-refractivity contribution in [3.05, 3.63) is 82.9 Å². The van der Waals surface area contributed by atoms with Gasteiger partial charge in [-0.15, -0.1) is 0 Å². The first-order valence-electron chi connectivity index (χ1n) is 9.98. The largest absolute Gasteiger partial charge is 0.463 e. The van der Waals surface area contributed by atoms with Crippen molar-refractivity contribution in [1.29, 1.82) is 0 Å². The van der Waals surface area contributed by atoms with Crippen LogP contribution in [0.3, 0.4) is 0 Å². The lowest BCUT2D eigenvalue weighted by atomic mass is 10.0. The zero-order chi connectivity index (χ0) is 20.9. The molecule has 4 nitrogen and oxygen atoms in total. The van der Waals surface area contributed by atoms with Gasteiger partial charge in [0.25, 0.3) is 0 Å². The van der Waals surface area contributed by atoms with Crippen molar-refractivity contribution in [3.63, 3.8) is 0 Å². The molecule has 0 bridgehead atoms. The summed E-state index contributed by atoms with van der Waals surface area (Å²) in [5.74, 6) is -0.641. The van der Waals surface area contributed by atoms with Crippen molar-refractivity contribution in [1.82, 2.24) is 0 Å². The Kier molecular flexibility index (Phi) is 9.43. The summed E-state index contributed by atoms with van der Waals surface area (Å²) in [6, 6.07) is 16.4. The van der Waals surface area contributed by atoms with Crippen LogP contribution < -0.4 is 0 Å². The van der Waals surface area contributed by atoms with E-state index in [1.807, 2.05) is 24.3 Å². The molecule has 0 aliphatic carbocycles. The molecule has 4 heteroatoms. The summed E-state index contributed by atoms with van der Waals surface area (Å²) in [7, 11) is 0. The summed E-state index contributed by atoms with van der Waals surface area (Å²) in [4.78, 5) is 22.7. The van der Waals surface area contributed by atoms with E-state index in [0.717, 1.165) is 30.4 Å². The molecule has 0 heterocycles. The van der Waals surface area contributed by atoms with Gasteiger partial charge in [0.2, 0.25) is 0 Å². The number of esters is 2. The number of rotatable bonds is 10. The fraction of sp³-hybridized carbons (Fsp3) is 0.280. The van der Waals surface area contributed by atoms with Gasteiger partial charge in [-0.05, 0) is 67.5 Å². The normalized spacial score (nSPS) is 11.1. The second-order valence-electron chi connectivity index (χ2n) is 6.51. The van der Waals surface area contributed by atoms with E-state index < -0.39 is 0 Å². The van der Waals surface area contributed by atoms with Crippen LogP contribution in [0.25, 0.3) is 12.2 Å². The quantitative estimate of drug-likeness (QED) is 0.421. The van der Waals surface area contributed by atoms with Gasteiger partial charge in [0, 0.05) is 12.2 Å². The van der Waals surface area contributed by atoms with Crippen molar-refractivity contribution in [2.75, 3.05) is 13.2 Å². The fourth-order valence-corrected chi connectivity index (χ4v) is 2.80. The Morgan fingerprint density at radius 1 is 0.690 bits per heavy atom. The predicted octanol–water partition coefficient (Wildman–Crippen LogP) is 5.01. The van der Waals surface area contributed by atoms with Crippen LogP contribution >= 0.6 is 0 Å². The van der Waals surface area contributed by atoms with Gasteiger partial charge >= 0.3 is 11.9 Å². The Morgan fingerprint density at radius 3 is 1.41 bits per heavy atom. The summed E-state index contributed by atoms with van der Waals surface area (Å²) >= 11 is 0. The summed E-state index contributed by atoms with van der Waals surface area (Å²) in [5.41, 5.74) is 4.50. The van der Waals surface area contributed by atoms with Crippen LogP contribution in [0.1, 0.15) is 42.5 Å². The molecule has 0 fully saturated rings. The van der Waals surface area contributed by atoms with Crippen LogP contribution in [0.4, 0.5) is 0 Å². The van der Waals surface area contributed by atoms with Gasteiger partial charge in [0.1, 0.15) is 0 Å². The highest BCUT2D eigenvalue weighted by molar-refractivity contribution is 5.87. The molecule has 0 spiro atoms. The molecule has 152 valence electrons. The summed E-state index contributed by atoms with van der Waals surface area (Å²) < 4.78 is 9.75. The van der Waals surface area contributed by atoms with E-state index >= 15 is 0 Å². The molecule has 2 aromatic carbocycles. The number of hydrogen-bond acceptors (Lipinski definition) is 4. The number of ether oxygens (including phenoxy) is 2. The maximum Gasteiger partial charge on any atom is 0.330 e. The lowest BCUT2D eigenvalue weighted by Crippen LogP contribution is -1.98. The topological polar surface area (TPSA) is 52.6 Å². The minimum Gasteiger partial charge on any atom is -0.463 e. The number of carbonyl (C=O) groups excluding carboxylic acids is 2. The molecular weight excluding hydrogens is 364 g/mol. The molecule has 0 aromatic heterocycles. The molecule has 0 aliphatic heterocycles. The Bertz CT molecular complexity index is 759. The number of benzene rings is 2. The molecule has 2 rings (SSSR count).